The summed E-state index contributed by atoms with van der Waals surface area (Å²) in [6, 6.07) is 5.41. The van der Waals surface area contributed by atoms with Crippen molar-refractivity contribution in [1.82, 2.24) is 15.3 Å². The van der Waals surface area contributed by atoms with Crippen LogP contribution in [0.5, 0.6) is 0 Å². The van der Waals surface area contributed by atoms with E-state index < -0.39 is 0 Å². The second kappa shape index (κ2) is 6.54. The SMILES string of the molecule is CC(Cc1cccs1)N(C)c1cncc(CNC2CC2)n1. The Morgan fingerprint density at radius 3 is 3.00 bits per heavy atom. The molecule has 0 bridgehead atoms. The highest BCUT2D eigenvalue weighted by Crippen LogP contribution is 2.20. The lowest BCUT2D eigenvalue weighted by atomic mass is 10.2. The highest BCUT2D eigenvalue weighted by molar-refractivity contribution is 7.09. The number of hydrogen-bond donors (Lipinski definition) is 1. The van der Waals surface area contributed by atoms with E-state index in [0.717, 1.165) is 24.5 Å². The van der Waals surface area contributed by atoms with Gasteiger partial charge in [-0.2, -0.15) is 0 Å². The van der Waals surface area contributed by atoms with Crippen LogP contribution in [-0.2, 0) is 13.0 Å². The molecule has 2 heterocycles. The first-order valence-electron chi connectivity index (χ1n) is 7.52. The largest absolute Gasteiger partial charge is 0.355 e. The smallest absolute Gasteiger partial charge is 0.147 e. The minimum Gasteiger partial charge on any atom is -0.355 e. The van der Waals surface area contributed by atoms with Gasteiger partial charge in [0, 0.05) is 43.2 Å². The van der Waals surface area contributed by atoms with Crippen LogP contribution in [0.25, 0.3) is 0 Å². The van der Waals surface area contributed by atoms with Crippen molar-refractivity contribution in [3.63, 3.8) is 0 Å². The Morgan fingerprint density at radius 2 is 2.29 bits per heavy atom. The van der Waals surface area contributed by atoms with Gasteiger partial charge in [0.05, 0.1) is 11.9 Å². The van der Waals surface area contributed by atoms with Crippen molar-refractivity contribution >= 4 is 17.2 Å². The Hall–Kier alpha value is -1.46. The molecule has 1 saturated carbocycles. The topological polar surface area (TPSA) is 41.1 Å². The minimum atomic E-state index is 0.407. The van der Waals surface area contributed by atoms with Gasteiger partial charge in [0.25, 0.3) is 0 Å². The summed E-state index contributed by atoms with van der Waals surface area (Å²) in [5.74, 6) is 0.953. The van der Waals surface area contributed by atoms with E-state index in [-0.39, 0.29) is 0 Å². The number of anilines is 1. The highest BCUT2D eigenvalue weighted by atomic mass is 32.1. The molecule has 1 fully saturated rings. The van der Waals surface area contributed by atoms with Crippen LogP contribution in [0.15, 0.2) is 29.9 Å². The first-order valence-corrected chi connectivity index (χ1v) is 8.40. The fourth-order valence-corrected chi connectivity index (χ4v) is 3.10. The lowest BCUT2D eigenvalue weighted by molar-refractivity contribution is 0.655. The summed E-state index contributed by atoms with van der Waals surface area (Å²) in [5, 5.41) is 5.62. The van der Waals surface area contributed by atoms with Gasteiger partial charge in [-0.1, -0.05) is 6.07 Å². The molecular weight excluding hydrogens is 280 g/mol. The summed E-state index contributed by atoms with van der Waals surface area (Å²) in [5.41, 5.74) is 1.02. The van der Waals surface area contributed by atoms with Crippen LogP contribution in [0.4, 0.5) is 5.82 Å². The summed E-state index contributed by atoms with van der Waals surface area (Å²) < 4.78 is 0. The standard InChI is InChI=1S/C16H22N4S/c1-12(8-15-4-3-7-21-15)20(2)16-11-17-9-14(19-16)10-18-13-5-6-13/h3-4,7,9,11-13,18H,5-6,8,10H2,1-2H3. The van der Waals surface area contributed by atoms with E-state index in [9.17, 15) is 0 Å². The van der Waals surface area contributed by atoms with E-state index in [1.165, 1.54) is 17.7 Å². The quantitative estimate of drug-likeness (QED) is 0.854. The van der Waals surface area contributed by atoms with E-state index in [1.54, 1.807) is 0 Å². The second-order valence-electron chi connectivity index (χ2n) is 5.77. The van der Waals surface area contributed by atoms with Gasteiger partial charge in [0.15, 0.2) is 0 Å². The molecule has 1 atom stereocenters. The lowest BCUT2D eigenvalue weighted by Gasteiger charge is -2.25. The highest BCUT2D eigenvalue weighted by Gasteiger charge is 2.20. The number of thiophene rings is 1. The van der Waals surface area contributed by atoms with Gasteiger partial charge in [-0.05, 0) is 31.2 Å². The van der Waals surface area contributed by atoms with Crippen LogP contribution in [0, 0.1) is 0 Å². The van der Waals surface area contributed by atoms with Crippen molar-refractivity contribution in [3.05, 3.63) is 40.5 Å². The molecule has 0 aromatic carbocycles. The summed E-state index contributed by atoms with van der Waals surface area (Å²) in [6.07, 6.45) is 7.35. The fraction of sp³-hybridized carbons (Fsp3) is 0.500. The molecule has 0 aliphatic heterocycles. The summed E-state index contributed by atoms with van der Waals surface area (Å²) in [6.45, 7) is 3.05. The Morgan fingerprint density at radius 1 is 1.43 bits per heavy atom. The van der Waals surface area contributed by atoms with Crippen molar-refractivity contribution in [3.8, 4) is 0 Å². The van der Waals surface area contributed by atoms with E-state index in [1.807, 2.05) is 23.7 Å². The Labute approximate surface area is 130 Å². The van der Waals surface area contributed by atoms with Crippen molar-refractivity contribution in [2.24, 2.45) is 0 Å². The average molecular weight is 302 g/mol. The molecule has 1 aliphatic carbocycles. The zero-order valence-corrected chi connectivity index (χ0v) is 13.4. The maximum atomic E-state index is 4.73. The zero-order valence-electron chi connectivity index (χ0n) is 12.6. The van der Waals surface area contributed by atoms with Crippen LogP contribution < -0.4 is 10.2 Å². The number of hydrogen-bond acceptors (Lipinski definition) is 5. The van der Waals surface area contributed by atoms with Crippen LogP contribution in [0.1, 0.15) is 30.3 Å². The molecule has 21 heavy (non-hydrogen) atoms. The summed E-state index contributed by atoms with van der Waals surface area (Å²) >= 11 is 1.81. The molecule has 2 aromatic heterocycles. The third-order valence-electron chi connectivity index (χ3n) is 3.92. The van der Waals surface area contributed by atoms with Crippen molar-refractivity contribution in [1.29, 1.82) is 0 Å². The van der Waals surface area contributed by atoms with E-state index in [2.05, 4.69) is 46.7 Å². The average Bonchev–Trinajstić information content (AvgIpc) is 3.20. The molecule has 112 valence electrons. The first kappa shape index (κ1) is 14.5. The third-order valence-corrected chi connectivity index (χ3v) is 4.82. The maximum absolute atomic E-state index is 4.73. The van der Waals surface area contributed by atoms with E-state index in [4.69, 9.17) is 4.98 Å². The Kier molecular flexibility index (Phi) is 4.51. The molecule has 0 amide bonds. The normalized spacial score (nSPS) is 15.9. The Bertz CT molecular complexity index is 565. The van der Waals surface area contributed by atoms with Gasteiger partial charge in [-0.3, -0.25) is 4.98 Å². The second-order valence-corrected chi connectivity index (χ2v) is 6.80. The van der Waals surface area contributed by atoms with Gasteiger partial charge in [0.2, 0.25) is 0 Å². The molecule has 5 heteroatoms. The van der Waals surface area contributed by atoms with Gasteiger partial charge in [-0.15, -0.1) is 11.3 Å². The molecule has 3 rings (SSSR count). The monoisotopic (exact) mass is 302 g/mol. The molecule has 0 spiro atoms. The third kappa shape index (κ3) is 4.02. The van der Waals surface area contributed by atoms with Gasteiger partial charge < -0.3 is 10.2 Å². The molecule has 1 N–H and O–H groups in total. The minimum absolute atomic E-state index is 0.407. The molecule has 0 saturated heterocycles. The Balaban J connectivity index is 1.62. The molecule has 4 nitrogen and oxygen atoms in total. The summed E-state index contributed by atoms with van der Waals surface area (Å²) in [7, 11) is 2.10. The van der Waals surface area contributed by atoms with Crippen molar-refractivity contribution in [2.75, 3.05) is 11.9 Å². The van der Waals surface area contributed by atoms with Gasteiger partial charge >= 0.3 is 0 Å². The van der Waals surface area contributed by atoms with Crippen LogP contribution in [-0.4, -0.2) is 29.1 Å². The molecule has 2 aromatic rings. The van der Waals surface area contributed by atoms with Crippen molar-refractivity contribution < 1.29 is 0 Å². The number of rotatable bonds is 7. The fourth-order valence-electron chi connectivity index (χ4n) is 2.27. The van der Waals surface area contributed by atoms with Crippen LogP contribution in [0.2, 0.25) is 0 Å². The lowest BCUT2D eigenvalue weighted by Crippen LogP contribution is -2.31. The number of nitrogens with one attached hydrogen (secondary N) is 1. The molecule has 1 unspecified atom stereocenters. The van der Waals surface area contributed by atoms with Gasteiger partial charge in [-0.25, -0.2) is 4.98 Å². The number of aromatic nitrogens is 2. The molecular formula is C16H22N4S. The first-order chi connectivity index (χ1) is 10.2. The zero-order chi connectivity index (χ0) is 14.7. The van der Waals surface area contributed by atoms with E-state index >= 15 is 0 Å². The maximum Gasteiger partial charge on any atom is 0.147 e. The van der Waals surface area contributed by atoms with Gasteiger partial charge in [0.1, 0.15) is 5.82 Å². The predicted molar refractivity (Wildman–Crippen MR) is 87.8 cm³/mol. The molecule has 0 radical (unpaired) electrons. The van der Waals surface area contributed by atoms with Crippen molar-refractivity contribution in [2.45, 2.75) is 44.8 Å². The van der Waals surface area contributed by atoms with Crippen LogP contribution >= 0.6 is 11.3 Å². The molecule has 1 aliphatic rings. The number of likely N-dealkylation sites (N-methyl/N-ethyl adjacent to an activating group) is 1. The predicted octanol–water partition coefficient (Wildman–Crippen LogP) is 2.86. The number of nitrogens with zero attached hydrogens (tertiary/aromatic N) is 3. The van der Waals surface area contributed by atoms with Crippen LogP contribution in [0.3, 0.4) is 0 Å². The summed E-state index contributed by atoms with van der Waals surface area (Å²) in [4.78, 5) is 12.7. The van der Waals surface area contributed by atoms with E-state index in [0.29, 0.717) is 12.1 Å².